The van der Waals surface area contributed by atoms with Crippen LogP contribution in [-0.4, -0.2) is 44.4 Å². The number of rotatable bonds is 8. The maximum absolute atomic E-state index is 11.9. The standard InChI is InChI=1S/C22H27Cl2N3O2/c23-20-7-6-17(13-21(20)24)12-19-15-29-14-18(27-19)9-11-26-22(28)25-10-8-16-4-2-1-3-5-16/h1-7,13,18-19,27H,8-12,14-15H2,(H2,25,26,28). The van der Waals surface area contributed by atoms with E-state index in [4.69, 9.17) is 27.9 Å². The predicted molar refractivity (Wildman–Crippen MR) is 118 cm³/mol. The number of carbonyl (C=O) groups is 1. The molecule has 2 amide bonds. The summed E-state index contributed by atoms with van der Waals surface area (Å²) in [7, 11) is 0. The number of ether oxygens (including phenoxy) is 1. The van der Waals surface area contributed by atoms with Gasteiger partial charge in [-0.2, -0.15) is 0 Å². The van der Waals surface area contributed by atoms with Gasteiger partial charge in [-0.05, 0) is 42.5 Å². The van der Waals surface area contributed by atoms with Gasteiger partial charge in [0, 0.05) is 25.2 Å². The van der Waals surface area contributed by atoms with Gasteiger partial charge in [0.2, 0.25) is 0 Å². The number of morpholine rings is 1. The zero-order valence-electron chi connectivity index (χ0n) is 16.3. The number of benzene rings is 2. The molecule has 3 N–H and O–H groups in total. The third-order valence-electron chi connectivity index (χ3n) is 4.90. The van der Waals surface area contributed by atoms with Crippen molar-refractivity contribution in [1.82, 2.24) is 16.0 Å². The molecule has 0 saturated carbocycles. The molecule has 2 unspecified atom stereocenters. The number of hydrogen-bond donors (Lipinski definition) is 3. The number of nitrogens with one attached hydrogen (secondary N) is 3. The Hall–Kier alpha value is -1.79. The highest BCUT2D eigenvalue weighted by Gasteiger charge is 2.22. The fourth-order valence-electron chi connectivity index (χ4n) is 3.41. The molecule has 1 fully saturated rings. The van der Waals surface area contributed by atoms with Gasteiger partial charge in [0.15, 0.2) is 0 Å². The molecule has 1 aliphatic heterocycles. The SMILES string of the molecule is O=C(NCCc1ccccc1)NCCC1COCC(Cc2ccc(Cl)c(Cl)c2)N1. The Morgan fingerprint density at radius 1 is 0.966 bits per heavy atom. The number of urea groups is 1. The molecule has 2 aromatic carbocycles. The zero-order valence-corrected chi connectivity index (χ0v) is 17.8. The second-order valence-corrected chi connectivity index (χ2v) is 8.07. The molecule has 156 valence electrons. The lowest BCUT2D eigenvalue weighted by molar-refractivity contribution is 0.0434. The van der Waals surface area contributed by atoms with E-state index in [1.54, 1.807) is 0 Å². The van der Waals surface area contributed by atoms with E-state index >= 15 is 0 Å². The topological polar surface area (TPSA) is 62.4 Å². The van der Waals surface area contributed by atoms with Crippen LogP contribution in [0.15, 0.2) is 48.5 Å². The third-order valence-corrected chi connectivity index (χ3v) is 5.64. The second-order valence-electron chi connectivity index (χ2n) is 7.26. The first-order valence-electron chi connectivity index (χ1n) is 9.93. The van der Waals surface area contributed by atoms with Crippen molar-refractivity contribution in [3.05, 3.63) is 69.7 Å². The van der Waals surface area contributed by atoms with Crippen LogP contribution in [-0.2, 0) is 17.6 Å². The fraction of sp³-hybridized carbons (Fsp3) is 0.409. The molecule has 1 aliphatic rings. The Balaban J connectivity index is 1.32. The average molecular weight is 436 g/mol. The molecule has 0 aromatic heterocycles. The molecule has 0 bridgehead atoms. The van der Waals surface area contributed by atoms with E-state index in [0.717, 1.165) is 24.8 Å². The van der Waals surface area contributed by atoms with E-state index in [9.17, 15) is 4.79 Å². The molecular formula is C22H27Cl2N3O2. The van der Waals surface area contributed by atoms with E-state index in [0.29, 0.717) is 36.3 Å². The first-order chi connectivity index (χ1) is 14.1. The van der Waals surface area contributed by atoms with E-state index in [1.165, 1.54) is 5.56 Å². The van der Waals surface area contributed by atoms with Gasteiger partial charge in [0.1, 0.15) is 0 Å². The van der Waals surface area contributed by atoms with E-state index in [1.807, 2.05) is 36.4 Å². The van der Waals surface area contributed by atoms with Crippen molar-refractivity contribution in [2.45, 2.75) is 31.3 Å². The second kappa shape index (κ2) is 11.4. The Morgan fingerprint density at radius 3 is 2.52 bits per heavy atom. The Kier molecular flexibility index (Phi) is 8.62. The summed E-state index contributed by atoms with van der Waals surface area (Å²) < 4.78 is 5.74. The molecule has 5 nitrogen and oxygen atoms in total. The van der Waals surface area contributed by atoms with Crippen LogP contribution in [0.5, 0.6) is 0 Å². The molecule has 2 atom stereocenters. The summed E-state index contributed by atoms with van der Waals surface area (Å²) in [6, 6.07) is 16.1. The van der Waals surface area contributed by atoms with E-state index in [-0.39, 0.29) is 18.1 Å². The summed E-state index contributed by atoms with van der Waals surface area (Å²) in [5.41, 5.74) is 2.33. The maximum atomic E-state index is 11.9. The largest absolute Gasteiger partial charge is 0.378 e. The summed E-state index contributed by atoms with van der Waals surface area (Å²) >= 11 is 12.1. The van der Waals surface area contributed by atoms with Crippen molar-refractivity contribution in [3.63, 3.8) is 0 Å². The van der Waals surface area contributed by atoms with Gasteiger partial charge in [0.25, 0.3) is 0 Å². The number of carbonyl (C=O) groups excluding carboxylic acids is 1. The zero-order chi connectivity index (χ0) is 20.5. The molecule has 7 heteroatoms. The van der Waals surface area contributed by atoms with Gasteiger partial charge >= 0.3 is 6.03 Å². The van der Waals surface area contributed by atoms with Crippen molar-refractivity contribution in [2.75, 3.05) is 26.3 Å². The van der Waals surface area contributed by atoms with Gasteiger partial charge in [-0.3, -0.25) is 0 Å². The Labute approximate surface area is 182 Å². The molecule has 29 heavy (non-hydrogen) atoms. The van der Waals surface area contributed by atoms with Gasteiger partial charge in [-0.15, -0.1) is 0 Å². The molecule has 1 saturated heterocycles. The summed E-state index contributed by atoms with van der Waals surface area (Å²) in [6.07, 6.45) is 2.45. The van der Waals surface area contributed by atoms with Crippen LogP contribution in [0.25, 0.3) is 0 Å². The van der Waals surface area contributed by atoms with Gasteiger partial charge in [0.05, 0.1) is 23.3 Å². The third kappa shape index (κ3) is 7.52. The first-order valence-corrected chi connectivity index (χ1v) is 10.7. The molecule has 3 rings (SSSR count). The Morgan fingerprint density at radius 2 is 1.72 bits per heavy atom. The van der Waals surface area contributed by atoms with E-state index < -0.39 is 0 Å². The summed E-state index contributed by atoms with van der Waals surface area (Å²) in [6.45, 7) is 2.52. The molecule has 0 aliphatic carbocycles. The van der Waals surface area contributed by atoms with Crippen molar-refractivity contribution in [2.24, 2.45) is 0 Å². The lowest BCUT2D eigenvalue weighted by Gasteiger charge is -2.31. The van der Waals surface area contributed by atoms with Crippen molar-refractivity contribution in [1.29, 1.82) is 0 Å². The van der Waals surface area contributed by atoms with E-state index in [2.05, 4.69) is 28.1 Å². The molecule has 0 radical (unpaired) electrons. The predicted octanol–water partition coefficient (Wildman–Crippen LogP) is 3.82. The van der Waals surface area contributed by atoms with Crippen molar-refractivity contribution in [3.8, 4) is 0 Å². The van der Waals surface area contributed by atoms with Gasteiger partial charge < -0.3 is 20.7 Å². The Bertz CT molecular complexity index is 789. The van der Waals surface area contributed by atoms with Gasteiger partial charge in [-0.1, -0.05) is 59.6 Å². The minimum atomic E-state index is -0.134. The quantitative estimate of drug-likeness (QED) is 0.590. The smallest absolute Gasteiger partial charge is 0.314 e. The summed E-state index contributed by atoms with van der Waals surface area (Å²) in [4.78, 5) is 11.9. The summed E-state index contributed by atoms with van der Waals surface area (Å²) in [5, 5.41) is 10.5. The lowest BCUT2D eigenvalue weighted by Crippen LogP contribution is -2.51. The molecule has 0 spiro atoms. The highest BCUT2D eigenvalue weighted by molar-refractivity contribution is 6.42. The van der Waals surface area contributed by atoms with Crippen molar-refractivity contribution >= 4 is 29.2 Å². The van der Waals surface area contributed by atoms with Crippen LogP contribution in [0, 0.1) is 0 Å². The van der Waals surface area contributed by atoms with Crippen LogP contribution >= 0.6 is 23.2 Å². The molecule has 2 aromatic rings. The van der Waals surface area contributed by atoms with Crippen LogP contribution in [0.1, 0.15) is 17.5 Å². The highest BCUT2D eigenvalue weighted by atomic mass is 35.5. The number of hydrogen-bond acceptors (Lipinski definition) is 3. The van der Waals surface area contributed by atoms with Gasteiger partial charge in [-0.25, -0.2) is 4.79 Å². The van der Waals surface area contributed by atoms with Crippen LogP contribution < -0.4 is 16.0 Å². The number of amides is 2. The van der Waals surface area contributed by atoms with Crippen LogP contribution in [0.4, 0.5) is 4.79 Å². The fourth-order valence-corrected chi connectivity index (χ4v) is 3.73. The molecular weight excluding hydrogens is 409 g/mol. The average Bonchev–Trinajstić information content (AvgIpc) is 2.72. The molecule has 1 heterocycles. The maximum Gasteiger partial charge on any atom is 0.314 e. The normalized spacial score (nSPS) is 19.0. The minimum Gasteiger partial charge on any atom is -0.378 e. The number of halogens is 2. The highest BCUT2D eigenvalue weighted by Crippen LogP contribution is 2.23. The first kappa shape index (κ1) is 21.9. The van der Waals surface area contributed by atoms with Crippen LogP contribution in [0.2, 0.25) is 10.0 Å². The minimum absolute atomic E-state index is 0.134. The lowest BCUT2D eigenvalue weighted by atomic mass is 10.0. The van der Waals surface area contributed by atoms with Crippen LogP contribution in [0.3, 0.4) is 0 Å². The monoisotopic (exact) mass is 435 g/mol. The summed E-state index contributed by atoms with van der Waals surface area (Å²) in [5.74, 6) is 0. The van der Waals surface area contributed by atoms with Crippen molar-refractivity contribution < 1.29 is 9.53 Å².